The molecule has 1 atom stereocenters. The maximum Gasteiger partial charge on any atom is 0.245 e. The zero-order valence-corrected chi connectivity index (χ0v) is 19.8. The fourth-order valence-corrected chi connectivity index (χ4v) is 3.25. The van der Waals surface area contributed by atoms with Gasteiger partial charge in [-0.15, -0.1) is 0 Å². The van der Waals surface area contributed by atoms with Crippen LogP contribution in [0.15, 0.2) is 66.0 Å². The van der Waals surface area contributed by atoms with Gasteiger partial charge in [-0.3, -0.25) is 10.2 Å². The maximum absolute atomic E-state index is 12.6. The molecule has 0 spiro atoms. The van der Waals surface area contributed by atoms with Crippen LogP contribution in [0.5, 0.6) is 11.5 Å². The van der Waals surface area contributed by atoms with Crippen LogP contribution < -0.4 is 30.8 Å². The summed E-state index contributed by atoms with van der Waals surface area (Å²) in [5.74, 6) is 1.25. The van der Waals surface area contributed by atoms with Crippen molar-refractivity contribution in [1.82, 2.24) is 15.3 Å². The monoisotopic (exact) mass is 494 g/mol. The number of nitrogens with one attached hydrogen (secondary N) is 3. The number of methoxy groups -OCH3 is 1. The summed E-state index contributed by atoms with van der Waals surface area (Å²) in [5.41, 5.74) is 7.45. The van der Waals surface area contributed by atoms with E-state index in [1.165, 1.54) is 12.1 Å². The standard InChI is InChI=1S/C24H27FN8O3/c1-33(24-28-11-3-12-29-24)32-23(30-15-34)21(31-18-7-4-16(5-8-18)22(26)27)17-6-9-19(36-13-10-25)20(14-17)35-2/h3-9,11-12,14-15,21,31H,10,13H2,1-2H3,(H3,26,27)(H,30,32,34). The number of benzene rings is 2. The van der Waals surface area contributed by atoms with Crippen molar-refractivity contribution in [2.45, 2.75) is 6.04 Å². The molecule has 3 aromatic rings. The molecule has 5 N–H and O–H groups in total. The largest absolute Gasteiger partial charge is 0.493 e. The molecule has 1 aromatic heterocycles. The summed E-state index contributed by atoms with van der Waals surface area (Å²) in [6.45, 7) is -0.750. The summed E-state index contributed by atoms with van der Waals surface area (Å²) < 4.78 is 23.5. The van der Waals surface area contributed by atoms with E-state index >= 15 is 0 Å². The minimum absolute atomic E-state index is 0.0546. The quantitative estimate of drug-likeness (QED) is 0.130. The van der Waals surface area contributed by atoms with Gasteiger partial charge in [0.05, 0.1) is 7.11 Å². The Bertz CT molecular complexity index is 1190. The summed E-state index contributed by atoms with van der Waals surface area (Å²) in [6, 6.07) is 13.0. The summed E-state index contributed by atoms with van der Waals surface area (Å²) in [6.07, 6.45) is 3.67. The lowest BCUT2D eigenvalue weighted by Gasteiger charge is -2.24. The van der Waals surface area contributed by atoms with E-state index in [-0.39, 0.29) is 18.3 Å². The lowest BCUT2D eigenvalue weighted by Crippen LogP contribution is -2.35. The van der Waals surface area contributed by atoms with Crippen LogP contribution in [-0.4, -0.2) is 55.5 Å². The van der Waals surface area contributed by atoms with E-state index < -0.39 is 12.7 Å². The zero-order chi connectivity index (χ0) is 25.9. The molecule has 0 aliphatic rings. The van der Waals surface area contributed by atoms with Gasteiger partial charge in [-0.2, -0.15) is 5.10 Å². The number of carbonyl (C=O) groups excluding carboxylic acids is 1. The van der Waals surface area contributed by atoms with Gasteiger partial charge in [0.2, 0.25) is 12.4 Å². The van der Waals surface area contributed by atoms with E-state index in [0.717, 1.165) is 0 Å². The second kappa shape index (κ2) is 12.6. The molecule has 2 aromatic carbocycles. The van der Waals surface area contributed by atoms with E-state index in [9.17, 15) is 9.18 Å². The first-order chi connectivity index (χ1) is 17.5. The zero-order valence-electron chi connectivity index (χ0n) is 19.8. The van der Waals surface area contributed by atoms with Crippen LogP contribution in [0.2, 0.25) is 0 Å². The van der Waals surface area contributed by atoms with Crippen molar-refractivity contribution in [1.29, 1.82) is 5.41 Å². The molecule has 0 radical (unpaired) electrons. The van der Waals surface area contributed by atoms with E-state index in [2.05, 4.69) is 25.7 Å². The highest BCUT2D eigenvalue weighted by Gasteiger charge is 2.22. The first kappa shape index (κ1) is 25.9. The summed E-state index contributed by atoms with van der Waals surface area (Å²) >= 11 is 0. The molecule has 0 aliphatic heterocycles. The summed E-state index contributed by atoms with van der Waals surface area (Å²) in [7, 11) is 3.12. The topological polar surface area (TPSA) is 151 Å². The SMILES string of the molecule is COc1cc(C(Nc2ccc(C(=N)N)cc2)/C(=N/N(C)c2ncccn2)NC=O)ccc1OCCF. The second-order valence-electron chi connectivity index (χ2n) is 7.34. The van der Waals surface area contributed by atoms with Gasteiger partial charge >= 0.3 is 0 Å². The minimum atomic E-state index is -0.686. The second-order valence-corrected chi connectivity index (χ2v) is 7.34. The molecule has 0 saturated heterocycles. The molecule has 3 rings (SSSR count). The van der Waals surface area contributed by atoms with Crippen LogP contribution in [0, 0.1) is 5.41 Å². The molecule has 1 unspecified atom stereocenters. The van der Waals surface area contributed by atoms with Crippen LogP contribution in [0.1, 0.15) is 17.2 Å². The van der Waals surface area contributed by atoms with Gasteiger partial charge in [-0.1, -0.05) is 6.07 Å². The number of hydrogen-bond acceptors (Lipinski definition) is 9. The summed E-state index contributed by atoms with van der Waals surface area (Å²) in [5, 5.41) is 19.5. The van der Waals surface area contributed by atoms with E-state index in [1.807, 2.05) is 0 Å². The smallest absolute Gasteiger partial charge is 0.245 e. The number of alkyl halides is 1. The predicted octanol–water partition coefficient (Wildman–Crippen LogP) is 2.47. The number of hydrogen-bond donors (Lipinski definition) is 4. The number of ether oxygens (including phenoxy) is 2. The lowest BCUT2D eigenvalue weighted by molar-refractivity contribution is -0.108. The number of anilines is 2. The number of aromatic nitrogens is 2. The predicted molar refractivity (Wildman–Crippen MR) is 135 cm³/mol. The van der Waals surface area contributed by atoms with Gasteiger partial charge in [0, 0.05) is 30.7 Å². The number of carbonyl (C=O) groups is 1. The number of amides is 1. The summed E-state index contributed by atoms with van der Waals surface area (Å²) in [4.78, 5) is 19.9. The average molecular weight is 495 g/mol. The normalized spacial score (nSPS) is 11.8. The molecular formula is C24H27FN8O3. The van der Waals surface area contributed by atoms with Crippen molar-refractivity contribution in [3.05, 3.63) is 72.1 Å². The third-order valence-corrected chi connectivity index (χ3v) is 4.94. The molecule has 36 heavy (non-hydrogen) atoms. The highest BCUT2D eigenvalue weighted by molar-refractivity contribution is 5.98. The Morgan fingerprint density at radius 2 is 1.94 bits per heavy atom. The lowest BCUT2D eigenvalue weighted by atomic mass is 10.0. The van der Waals surface area contributed by atoms with Gasteiger partial charge in [0.1, 0.15) is 25.2 Å². The number of nitrogens with zero attached hydrogens (tertiary/aromatic N) is 4. The van der Waals surface area contributed by atoms with Gasteiger partial charge in [0.25, 0.3) is 0 Å². The van der Waals surface area contributed by atoms with Crippen molar-refractivity contribution in [3.63, 3.8) is 0 Å². The average Bonchev–Trinajstić information content (AvgIpc) is 2.91. The molecule has 11 nitrogen and oxygen atoms in total. The Labute approximate surface area is 207 Å². The third kappa shape index (κ3) is 6.65. The molecular weight excluding hydrogens is 467 g/mol. The van der Waals surface area contributed by atoms with Crippen molar-refractivity contribution in [2.75, 3.05) is 37.8 Å². The maximum atomic E-state index is 12.6. The molecule has 0 bridgehead atoms. The first-order valence-electron chi connectivity index (χ1n) is 10.8. The van der Waals surface area contributed by atoms with Crippen molar-refractivity contribution >= 4 is 29.7 Å². The molecule has 1 heterocycles. The Balaban J connectivity index is 2.05. The highest BCUT2D eigenvalue weighted by Crippen LogP contribution is 2.32. The number of hydrazone groups is 1. The third-order valence-electron chi connectivity index (χ3n) is 4.94. The minimum Gasteiger partial charge on any atom is -0.493 e. The number of halogens is 1. The number of nitrogens with two attached hydrogens (primary N) is 1. The van der Waals surface area contributed by atoms with E-state index in [0.29, 0.717) is 40.7 Å². The molecule has 0 saturated carbocycles. The van der Waals surface area contributed by atoms with Crippen LogP contribution in [-0.2, 0) is 4.79 Å². The van der Waals surface area contributed by atoms with Crippen molar-refractivity contribution in [3.8, 4) is 11.5 Å². The van der Waals surface area contributed by atoms with E-state index in [4.69, 9.17) is 20.6 Å². The number of rotatable bonds is 12. The fourth-order valence-electron chi connectivity index (χ4n) is 3.25. The van der Waals surface area contributed by atoms with Gasteiger partial charge in [-0.25, -0.2) is 19.4 Å². The Hall–Kier alpha value is -4.74. The fraction of sp³-hybridized carbons (Fsp3) is 0.208. The van der Waals surface area contributed by atoms with Crippen molar-refractivity contribution < 1.29 is 18.7 Å². The van der Waals surface area contributed by atoms with Crippen LogP contribution >= 0.6 is 0 Å². The first-order valence-corrected chi connectivity index (χ1v) is 10.8. The van der Waals surface area contributed by atoms with Crippen molar-refractivity contribution in [2.24, 2.45) is 10.8 Å². The van der Waals surface area contributed by atoms with Gasteiger partial charge < -0.3 is 25.8 Å². The van der Waals surface area contributed by atoms with Crippen LogP contribution in [0.3, 0.4) is 0 Å². The van der Waals surface area contributed by atoms with Gasteiger partial charge in [0.15, 0.2) is 17.3 Å². The Morgan fingerprint density at radius 1 is 1.22 bits per heavy atom. The highest BCUT2D eigenvalue weighted by atomic mass is 19.1. The molecule has 12 heteroatoms. The Morgan fingerprint density at radius 3 is 2.56 bits per heavy atom. The number of nitrogen functional groups attached to an aromatic ring is 1. The van der Waals surface area contributed by atoms with E-state index in [1.54, 1.807) is 68.0 Å². The van der Waals surface area contributed by atoms with Crippen LogP contribution in [0.25, 0.3) is 0 Å². The van der Waals surface area contributed by atoms with Gasteiger partial charge in [-0.05, 0) is 48.0 Å². The molecule has 0 aliphatic carbocycles. The molecule has 0 fully saturated rings. The molecule has 188 valence electrons. The number of amidine groups is 2. The molecule has 1 amide bonds. The van der Waals surface area contributed by atoms with Crippen LogP contribution in [0.4, 0.5) is 16.0 Å². The Kier molecular flexibility index (Phi) is 9.09.